The molecule has 0 bridgehead atoms. The molecular formula is C26H22ClN2P. The van der Waals surface area contributed by atoms with Crippen molar-refractivity contribution in [3.63, 3.8) is 0 Å². The Labute approximate surface area is 184 Å². The van der Waals surface area contributed by atoms with E-state index >= 15 is 0 Å². The average Bonchev–Trinajstić information content (AvgIpc) is 3.29. The zero-order valence-electron chi connectivity index (χ0n) is 16.5. The molecule has 0 unspecified atom stereocenters. The summed E-state index contributed by atoms with van der Waals surface area (Å²) in [7, 11) is -1.90. The van der Waals surface area contributed by atoms with Crippen LogP contribution in [0.25, 0.3) is 5.52 Å². The van der Waals surface area contributed by atoms with Crippen LogP contribution in [-0.2, 0) is 6.16 Å². The topological polar surface area (TPSA) is 17.3 Å². The number of imidazole rings is 1. The van der Waals surface area contributed by atoms with Crippen molar-refractivity contribution in [2.45, 2.75) is 6.16 Å². The summed E-state index contributed by atoms with van der Waals surface area (Å²) in [5, 5.41) is 4.19. The van der Waals surface area contributed by atoms with Crippen molar-refractivity contribution in [1.29, 1.82) is 0 Å². The average molecular weight is 429 g/mol. The van der Waals surface area contributed by atoms with Gasteiger partial charge < -0.3 is 12.4 Å². The lowest BCUT2D eigenvalue weighted by Gasteiger charge is -2.28. The van der Waals surface area contributed by atoms with Crippen molar-refractivity contribution in [1.82, 2.24) is 9.38 Å². The lowest BCUT2D eigenvalue weighted by Crippen LogP contribution is -3.00. The monoisotopic (exact) mass is 428 g/mol. The Hall–Kier alpha value is -2.93. The predicted molar refractivity (Wildman–Crippen MR) is 124 cm³/mol. The van der Waals surface area contributed by atoms with Gasteiger partial charge in [-0.25, -0.2) is 4.98 Å². The van der Waals surface area contributed by atoms with Gasteiger partial charge in [-0.2, -0.15) is 0 Å². The zero-order chi connectivity index (χ0) is 19.5. The normalized spacial score (nSPS) is 11.2. The third-order valence-electron chi connectivity index (χ3n) is 5.52. The van der Waals surface area contributed by atoms with E-state index < -0.39 is 7.26 Å². The van der Waals surface area contributed by atoms with E-state index in [1.807, 2.05) is 12.5 Å². The van der Waals surface area contributed by atoms with E-state index in [9.17, 15) is 0 Å². The molecule has 4 heteroatoms. The summed E-state index contributed by atoms with van der Waals surface area (Å²) in [5.74, 6) is 0. The van der Waals surface area contributed by atoms with Crippen LogP contribution in [0.15, 0.2) is 122 Å². The van der Waals surface area contributed by atoms with E-state index in [1.165, 1.54) is 21.6 Å². The van der Waals surface area contributed by atoms with Crippen LogP contribution in [0.2, 0.25) is 0 Å². The fraction of sp³-hybridized carbons (Fsp3) is 0.0385. The molecule has 148 valence electrons. The SMILES string of the molecule is [Cl-].c1ccc([P+](Cc2cccc3cncn23)(c2ccccc2)c2ccccc2)cc1. The summed E-state index contributed by atoms with van der Waals surface area (Å²) < 4.78 is 2.23. The van der Waals surface area contributed by atoms with E-state index in [0.29, 0.717) is 0 Å². The van der Waals surface area contributed by atoms with Gasteiger partial charge in [-0.1, -0.05) is 60.7 Å². The number of hydrogen-bond donors (Lipinski definition) is 0. The molecule has 0 radical (unpaired) electrons. The minimum Gasteiger partial charge on any atom is -1.00 e. The fourth-order valence-corrected chi connectivity index (χ4v) is 8.38. The van der Waals surface area contributed by atoms with Crippen molar-refractivity contribution >= 4 is 28.7 Å². The van der Waals surface area contributed by atoms with Crippen LogP contribution >= 0.6 is 7.26 Å². The fourth-order valence-electron chi connectivity index (χ4n) is 4.15. The van der Waals surface area contributed by atoms with Gasteiger partial charge in [-0.05, 0) is 48.5 Å². The number of fused-ring (bicyclic) bond motifs is 1. The number of hydrogen-bond acceptors (Lipinski definition) is 1. The Morgan fingerprint density at radius 3 is 1.60 bits per heavy atom. The molecule has 0 fully saturated rings. The van der Waals surface area contributed by atoms with Crippen molar-refractivity contribution in [2.75, 3.05) is 0 Å². The van der Waals surface area contributed by atoms with E-state index in [1.54, 1.807) is 0 Å². The zero-order valence-corrected chi connectivity index (χ0v) is 18.1. The first-order chi connectivity index (χ1) is 14.4. The number of pyridine rings is 1. The van der Waals surface area contributed by atoms with Gasteiger partial charge in [0.15, 0.2) is 0 Å². The summed E-state index contributed by atoms with van der Waals surface area (Å²) in [6.07, 6.45) is 4.80. The molecule has 0 atom stereocenters. The molecule has 2 heterocycles. The number of aromatic nitrogens is 2. The maximum absolute atomic E-state index is 4.39. The first kappa shape index (κ1) is 20.3. The Kier molecular flexibility index (Phi) is 5.99. The molecule has 0 spiro atoms. The van der Waals surface area contributed by atoms with Gasteiger partial charge in [-0.3, -0.25) is 4.40 Å². The molecule has 0 aliphatic rings. The Morgan fingerprint density at radius 2 is 1.10 bits per heavy atom. The number of benzene rings is 3. The molecule has 5 rings (SSSR count). The van der Waals surface area contributed by atoms with Crippen LogP contribution in [-0.4, -0.2) is 9.38 Å². The standard InChI is InChI=1S/C26H22N2P.ClH/c1-4-13-24(14-5-1)29(25-15-6-2-7-16-25,26-17-8-3-9-18-26)20-23-12-10-11-22-19-27-21-28(22)23;/h1-19,21H,20H2;1H/q+1;/p-1. The van der Waals surface area contributed by atoms with E-state index in [-0.39, 0.29) is 12.4 Å². The Morgan fingerprint density at radius 1 is 0.600 bits per heavy atom. The van der Waals surface area contributed by atoms with Gasteiger partial charge in [0.2, 0.25) is 0 Å². The second-order valence-electron chi connectivity index (χ2n) is 7.18. The van der Waals surface area contributed by atoms with Crippen LogP contribution in [0.5, 0.6) is 0 Å². The van der Waals surface area contributed by atoms with E-state index in [2.05, 4.69) is 119 Å². The summed E-state index contributed by atoms with van der Waals surface area (Å²) in [4.78, 5) is 4.39. The highest BCUT2D eigenvalue weighted by Crippen LogP contribution is 2.58. The second-order valence-corrected chi connectivity index (χ2v) is 10.7. The number of halogens is 1. The molecule has 0 amide bonds. The minimum absolute atomic E-state index is 0. The molecule has 0 aliphatic carbocycles. The first-order valence-electron chi connectivity index (χ1n) is 9.83. The van der Waals surface area contributed by atoms with Gasteiger partial charge in [0.1, 0.15) is 29.3 Å². The maximum Gasteiger partial charge on any atom is 0.118 e. The molecular weight excluding hydrogens is 407 g/mol. The Balaban J connectivity index is 0.00000218. The summed E-state index contributed by atoms with van der Waals surface area (Å²) in [5.41, 5.74) is 2.42. The van der Waals surface area contributed by atoms with Crippen LogP contribution in [0.1, 0.15) is 5.69 Å². The van der Waals surface area contributed by atoms with Crippen molar-refractivity contribution < 1.29 is 12.4 Å². The van der Waals surface area contributed by atoms with Gasteiger partial charge in [-0.15, -0.1) is 0 Å². The highest BCUT2D eigenvalue weighted by molar-refractivity contribution is 7.95. The summed E-state index contributed by atoms with van der Waals surface area (Å²) in [6.45, 7) is 0. The highest BCUT2D eigenvalue weighted by Gasteiger charge is 2.45. The second kappa shape index (κ2) is 8.83. The maximum atomic E-state index is 4.39. The quantitative estimate of drug-likeness (QED) is 0.390. The molecule has 0 N–H and O–H groups in total. The smallest absolute Gasteiger partial charge is 0.118 e. The molecule has 2 aromatic heterocycles. The van der Waals surface area contributed by atoms with Crippen LogP contribution in [0, 0.1) is 0 Å². The summed E-state index contributed by atoms with van der Waals surface area (Å²) in [6, 6.07) is 39.5. The highest BCUT2D eigenvalue weighted by atomic mass is 35.5. The third-order valence-corrected chi connectivity index (χ3v) is 9.86. The van der Waals surface area contributed by atoms with Crippen LogP contribution < -0.4 is 28.3 Å². The van der Waals surface area contributed by atoms with Gasteiger partial charge in [0.05, 0.1) is 23.7 Å². The van der Waals surface area contributed by atoms with Crippen LogP contribution in [0.3, 0.4) is 0 Å². The van der Waals surface area contributed by atoms with Gasteiger partial charge in [0.25, 0.3) is 0 Å². The Bertz CT molecular complexity index is 1120. The largest absolute Gasteiger partial charge is 1.00 e. The lowest BCUT2D eigenvalue weighted by molar-refractivity contribution is -0.00000571. The van der Waals surface area contributed by atoms with Crippen molar-refractivity contribution in [3.05, 3.63) is 127 Å². The van der Waals surface area contributed by atoms with Crippen molar-refractivity contribution in [3.8, 4) is 0 Å². The van der Waals surface area contributed by atoms with Gasteiger partial charge >= 0.3 is 0 Å². The molecule has 0 saturated heterocycles. The van der Waals surface area contributed by atoms with Crippen LogP contribution in [0.4, 0.5) is 0 Å². The molecule has 3 aromatic carbocycles. The molecule has 5 aromatic rings. The third kappa shape index (κ3) is 3.54. The molecule has 0 aliphatic heterocycles. The van der Waals surface area contributed by atoms with Gasteiger partial charge in [0, 0.05) is 0 Å². The number of rotatable bonds is 5. The van der Waals surface area contributed by atoms with Crippen molar-refractivity contribution in [2.24, 2.45) is 0 Å². The molecule has 2 nitrogen and oxygen atoms in total. The molecule has 30 heavy (non-hydrogen) atoms. The molecule has 0 saturated carbocycles. The predicted octanol–water partition coefficient (Wildman–Crippen LogP) is 1.83. The first-order valence-corrected chi connectivity index (χ1v) is 11.8. The lowest BCUT2D eigenvalue weighted by atomic mass is 10.3. The summed E-state index contributed by atoms with van der Waals surface area (Å²) >= 11 is 0. The number of nitrogens with zero attached hydrogens (tertiary/aromatic N) is 2. The minimum atomic E-state index is -1.90. The van der Waals surface area contributed by atoms with E-state index in [0.717, 1.165) is 11.7 Å². The van der Waals surface area contributed by atoms with E-state index in [4.69, 9.17) is 0 Å².